The predicted molar refractivity (Wildman–Crippen MR) is 67.3 cm³/mol. The Kier molecular flexibility index (Phi) is 2.27. The summed E-state index contributed by atoms with van der Waals surface area (Å²) in [4.78, 5) is 0. The smallest absolute Gasteiger partial charge is 0.119 e. The van der Waals surface area contributed by atoms with Crippen LogP contribution in [0.3, 0.4) is 0 Å². The van der Waals surface area contributed by atoms with E-state index in [1.807, 2.05) is 6.07 Å². The number of methoxy groups -OCH3 is 1. The summed E-state index contributed by atoms with van der Waals surface area (Å²) >= 11 is 0. The summed E-state index contributed by atoms with van der Waals surface area (Å²) in [6.45, 7) is 4.36. The minimum atomic E-state index is -0.136. The monoisotopic (exact) mass is 232 g/mol. The van der Waals surface area contributed by atoms with Gasteiger partial charge in [-0.15, -0.1) is 0 Å². The lowest BCUT2D eigenvalue weighted by Crippen LogP contribution is -2.57. The predicted octanol–water partition coefficient (Wildman–Crippen LogP) is 2.74. The SMILES string of the molecule is COc1ccc2c(c1)CCC1C(O)C(C)(C)C21. The molecular formula is C15H20O2. The van der Waals surface area contributed by atoms with Crippen LogP contribution in [-0.2, 0) is 6.42 Å². The highest BCUT2D eigenvalue weighted by Crippen LogP contribution is 2.60. The van der Waals surface area contributed by atoms with Gasteiger partial charge in [-0.1, -0.05) is 19.9 Å². The minimum absolute atomic E-state index is 0.0222. The molecule has 0 bridgehead atoms. The molecular weight excluding hydrogens is 212 g/mol. The van der Waals surface area contributed by atoms with E-state index in [0.717, 1.165) is 18.6 Å². The van der Waals surface area contributed by atoms with Crippen LogP contribution < -0.4 is 4.74 Å². The van der Waals surface area contributed by atoms with Gasteiger partial charge in [0.1, 0.15) is 5.75 Å². The molecule has 2 nitrogen and oxygen atoms in total. The van der Waals surface area contributed by atoms with E-state index in [2.05, 4.69) is 26.0 Å². The van der Waals surface area contributed by atoms with Crippen molar-refractivity contribution in [3.63, 3.8) is 0 Å². The van der Waals surface area contributed by atoms with E-state index in [1.165, 1.54) is 11.1 Å². The Morgan fingerprint density at radius 1 is 1.35 bits per heavy atom. The third-order valence-corrected chi connectivity index (χ3v) is 4.83. The van der Waals surface area contributed by atoms with Crippen molar-refractivity contribution >= 4 is 0 Å². The van der Waals surface area contributed by atoms with E-state index in [4.69, 9.17) is 4.74 Å². The number of hydrogen-bond acceptors (Lipinski definition) is 2. The first-order valence-electron chi connectivity index (χ1n) is 6.40. The van der Waals surface area contributed by atoms with Gasteiger partial charge in [-0.05, 0) is 53.4 Å². The molecule has 0 aliphatic heterocycles. The minimum Gasteiger partial charge on any atom is -0.497 e. The fraction of sp³-hybridized carbons (Fsp3) is 0.600. The van der Waals surface area contributed by atoms with Crippen LogP contribution in [0.4, 0.5) is 0 Å². The fourth-order valence-electron chi connectivity index (χ4n) is 3.86. The van der Waals surface area contributed by atoms with Gasteiger partial charge in [0.15, 0.2) is 0 Å². The van der Waals surface area contributed by atoms with Crippen molar-refractivity contribution in [3.05, 3.63) is 29.3 Å². The number of fused-ring (bicyclic) bond motifs is 3. The maximum absolute atomic E-state index is 10.2. The topological polar surface area (TPSA) is 29.5 Å². The zero-order valence-corrected chi connectivity index (χ0v) is 10.7. The molecule has 1 aromatic rings. The van der Waals surface area contributed by atoms with Crippen molar-refractivity contribution in [2.24, 2.45) is 11.3 Å². The van der Waals surface area contributed by atoms with Gasteiger partial charge >= 0.3 is 0 Å². The Bertz CT molecular complexity index is 450. The third-order valence-electron chi connectivity index (χ3n) is 4.83. The van der Waals surface area contributed by atoms with E-state index in [9.17, 15) is 5.11 Å². The first kappa shape index (κ1) is 11.1. The molecule has 2 aliphatic carbocycles. The zero-order valence-electron chi connectivity index (χ0n) is 10.7. The number of benzene rings is 1. The number of ether oxygens (including phenoxy) is 1. The quantitative estimate of drug-likeness (QED) is 0.806. The van der Waals surface area contributed by atoms with Gasteiger partial charge in [0.2, 0.25) is 0 Å². The summed E-state index contributed by atoms with van der Waals surface area (Å²) in [5, 5.41) is 10.2. The van der Waals surface area contributed by atoms with Gasteiger partial charge in [0.05, 0.1) is 13.2 Å². The Balaban J connectivity index is 2.02. The maximum atomic E-state index is 10.2. The molecule has 0 saturated heterocycles. The summed E-state index contributed by atoms with van der Waals surface area (Å²) in [5.41, 5.74) is 2.86. The molecule has 92 valence electrons. The average Bonchev–Trinajstić information content (AvgIpc) is 2.35. The summed E-state index contributed by atoms with van der Waals surface area (Å²) in [6, 6.07) is 6.40. The number of aryl methyl sites for hydroxylation is 1. The van der Waals surface area contributed by atoms with Crippen molar-refractivity contribution < 1.29 is 9.84 Å². The molecule has 2 aliphatic rings. The second kappa shape index (κ2) is 3.49. The van der Waals surface area contributed by atoms with Crippen LogP contribution in [-0.4, -0.2) is 18.3 Å². The molecule has 3 unspecified atom stereocenters. The Hall–Kier alpha value is -1.02. The zero-order chi connectivity index (χ0) is 12.2. The molecule has 0 heterocycles. The lowest BCUT2D eigenvalue weighted by Gasteiger charge is -2.58. The lowest BCUT2D eigenvalue weighted by atomic mass is 9.48. The highest BCUT2D eigenvalue weighted by molar-refractivity contribution is 5.43. The second-order valence-corrected chi connectivity index (χ2v) is 6.01. The van der Waals surface area contributed by atoms with Crippen molar-refractivity contribution in [2.75, 3.05) is 7.11 Å². The molecule has 3 rings (SSSR count). The summed E-state index contributed by atoms with van der Waals surface area (Å²) in [6.07, 6.45) is 2.04. The first-order valence-corrected chi connectivity index (χ1v) is 6.40. The van der Waals surface area contributed by atoms with Crippen LogP contribution in [0.5, 0.6) is 5.75 Å². The number of rotatable bonds is 1. The van der Waals surface area contributed by atoms with Crippen LogP contribution in [0.25, 0.3) is 0 Å². The summed E-state index contributed by atoms with van der Waals surface area (Å²) in [5.74, 6) is 1.93. The van der Waals surface area contributed by atoms with Crippen LogP contribution in [0.2, 0.25) is 0 Å². The second-order valence-electron chi connectivity index (χ2n) is 6.01. The summed E-state index contributed by atoms with van der Waals surface area (Å²) in [7, 11) is 1.71. The molecule has 0 spiro atoms. The van der Waals surface area contributed by atoms with Gasteiger partial charge in [0.25, 0.3) is 0 Å². The Labute approximate surface area is 103 Å². The van der Waals surface area contributed by atoms with Crippen molar-refractivity contribution in [2.45, 2.75) is 38.7 Å². The fourth-order valence-corrected chi connectivity index (χ4v) is 3.86. The molecule has 0 aromatic heterocycles. The molecule has 2 heteroatoms. The highest BCUT2D eigenvalue weighted by atomic mass is 16.5. The number of hydrogen-bond donors (Lipinski definition) is 1. The third kappa shape index (κ3) is 1.37. The van der Waals surface area contributed by atoms with E-state index in [0.29, 0.717) is 11.8 Å². The van der Waals surface area contributed by atoms with Crippen LogP contribution in [0.1, 0.15) is 37.3 Å². The highest BCUT2D eigenvalue weighted by Gasteiger charge is 2.57. The Morgan fingerprint density at radius 3 is 2.82 bits per heavy atom. The van der Waals surface area contributed by atoms with Gasteiger partial charge in [-0.3, -0.25) is 0 Å². The molecule has 0 amide bonds. The standard InChI is InChI=1S/C15H20O2/c1-15(2)13-11-7-5-10(17-3)8-9(11)4-6-12(13)14(15)16/h5,7-8,12-14,16H,4,6H2,1-3H3. The van der Waals surface area contributed by atoms with E-state index < -0.39 is 0 Å². The van der Waals surface area contributed by atoms with Crippen molar-refractivity contribution in [1.82, 2.24) is 0 Å². The molecule has 1 aromatic carbocycles. The van der Waals surface area contributed by atoms with E-state index >= 15 is 0 Å². The number of aliphatic hydroxyl groups is 1. The molecule has 1 fully saturated rings. The largest absolute Gasteiger partial charge is 0.497 e. The molecule has 3 atom stereocenters. The first-order chi connectivity index (χ1) is 8.05. The summed E-state index contributed by atoms with van der Waals surface area (Å²) < 4.78 is 5.28. The average molecular weight is 232 g/mol. The van der Waals surface area contributed by atoms with Crippen LogP contribution >= 0.6 is 0 Å². The molecule has 1 saturated carbocycles. The number of aliphatic hydroxyl groups excluding tert-OH is 1. The molecule has 1 N–H and O–H groups in total. The Morgan fingerprint density at radius 2 is 2.12 bits per heavy atom. The molecule has 17 heavy (non-hydrogen) atoms. The van der Waals surface area contributed by atoms with Gasteiger partial charge in [-0.25, -0.2) is 0 Å². The lowest BCUT2D eigenvalue weighted by molar-refractivity contribution is -0.130. The van der Waals surface area contributed by atoms with E-state index in [1.54, 1.807) is 7.11 Å². The normalized spacial score (nSPS) is 33.3. The van der Waals surface area contributed by atoms with Crippen LogP contribution in [0, 0.1) is 11.3 Å². The van der Waals surface area contributed by atoms with Crippen molar-refractivity contribution in [3.8, 4) is 5.75 Å². The van der Waals surface area contributed by atoms with Crippen LogP contribution in [0.15, 0.2) is 18.2 Å². The van der Waals surface area contributed by atoms with Crippen molar-refractivity contribution in [1.29, 1.82) is 0 Å². The molecule has 0 radical (unpaired) electrons. The van der Waals surface area contributed by atoms with Gasteiger partial charge < -0.3 is 9.84 Å². The van der Waals surface area contributed by atoms with Gasteiger partial charge in [-0.2, -0.15) is 0 Å². The van der Waals surface area contributed by atoms with Gasteiger partial charge in [0, 0.05) is 0 Å². The van der Waals surface area contributed by atoms with E-state index in [-0.39, 0.29) is 11.5 Å². The maximum Gasteiger partial charge on any atom is 0.119 e.